The third-order valence-corrected chi connectivity index (χ3v) is 10.7. The lowest BCUT2D eigenvalue weighted by Gasteiger charge is -2.36. The number of carbonyl (C=O) groups excluding carboxylic acids is 1. The third kappa shape index (κ3) is 7.30. The molecule has 0 bridgehead atoms. The Morgan fingerprint density at radius 2 is 1.97 bits per heavy atom. The minimum atomic E-state index is -1.69. The summed E-state index contributed by atoms with van der Waals surface area (Å²) in [5, 5.41) is 3.64. The van der Waals surface area contributed by atoms with E-state index in [1.54, 1.807) is 0 Å². The Bertz CT molecular complexity index is 636. The standard InChI is InChI=1S/C22H39N3O3Si/c1-7-27-21(26)16-18-10-13-25(14-11-18)20-9-8-19(17-24-20)23-12-15-28-29(5,6)22(2,3)4/h8-9,17-18,23H,7,10-16H2,1-6H3. The highest BCUT2D eigenvalue weighted by Gasteiger charge is 2.36. The van der Waals surface area contributed by atoms with Gasteiger partial charge in [-0.05, 0) is 55.9 Å². The number of rotatable bonds is 9. The maximum atomic E-state index is 11.7. The van der Waals surface area contributed by atoms with Crippen molar-refractivity contribution in [2.75, 3.05) is 43.1 Å². The SMILES string of the molecule is CCOC(=O)CC1CCN(c2ccc(NCCO[Si](C)(C)C(C)(C)C)cn2)CC1. The molecule has 7 heteroatoms. The number of nitrogens with one attached hydrogen (secondary N) is 1. The molecule has 0 unspecified atom stereocenters. The van der Waals surface area contributed by atoms with Crippen LogP contribution in [-0.4, -0.2) is 52.1 Å². The normalized spacial score (nSPS) is 16.0. The van der Waals surface area contributed by atoms with E-state index in [9.17, 15) is 4.79 Å². The van der Waals surface area contributed by atoms with Crippen LogP contribution in [0.2, 0.25) is 18.1 Å². The van der Waals surface area contributed by atoms with E-state index in [1.807, 2.05) is 13.1 Å². The van der Waals surface area contributed by atoms with Crippen LogP contribution in [0.4, 0.5) is 11.5 Å². The van der Waals surface area contributed by atoms with Crippen molar-refractivity contribution in [3.63, 3.8) is 0 Å². The number of carbonyl (C=O) groups is 1. The van der Waals surface area contributed by atoms with Gasteiger partial charge in [-0.3, -0.25) is 4.79 Å². The van der Waals surface area contributed by atoms with Gasteiger partial charge in [0.1, 0.15) is 5.82 Å². The molecule has 1 aliphatic rings. The lowest BCUT2D eigenvalue weighted by molar-refractivity contribution is -0.144. The fourth-order valence-electron chi connectivity index (χ4n) is 3.22. The summed E-state index contributed by atoms with van der Waals surface area (Å²) in [5.74, 6) is 1.35. The van der Waals surface area contributed by atoms with Gasteiger partial charge in [0.2, 0.25) is 0 Å². The summed E-state index contributed by atoms with van der Waals surface area (Å²) in [5.41, 5.74) is 1.02. The number of esters is 1. The monoisotopic (exact) mass is 421 g/mol. The Kier molecular flexibility index (Phi) is 8.52. The Morgan fingerprint density at radius 3 is 2.52 bits per heavy atom. The molecule has 0 radical (unpaired) electrons. The van der Waals surface area contributed by atoms with Gasteiger partial charge < -0.3 is 19.4 Å². The summed E-state index contributed by atoms with van der Waals surface area (Å²) in [7, 11) is -1.69. The van der Waals surface area contributed by atoms with Crippen LogP contribution >= 0.6 is 0 Å². The summed E-state index contributed by atoms with van der Waals surface area (Å²) >= 11 is 0. The molecule has 2 heterocycles. The Balaban J connectivity index is 1.73. The fraction of sp³-hybridized carbons (Fsp3) is 0.727. The van der Waals surface area contributed by atoms with Crippen molar-refractivity contribution in [3.05, 3.63) is 18.3 Å². The highest BCUT2D eigenvalue weighted by Crippen LogP contribution is 2.36. The van der Waals surface area contributed by atoms with E-state index in [0.29, 0.717) is 25.6 Å². The number of ether oxygens (including phenoxy) is 1. The molecule has 0 spiro atoms. The average molecular weight is 422 g/mol. The van der Waals surface area contributed by atoms with Gasteiger partial charge in [0, 0.05) is 26.1 Å². The van der Waals surface area contributed by atoms with Crippen molar-refractivity contribution in [2.45, 2.75) is 65.1 Å². The molecule has 164 valence electrons. The van der Waals surface area contributed by atoms with Gasteiger partial charge in [0.25, 0.3) is 0 Å². The van der Waals surface area contributed by atoms with E-state index in [-0.39, 0.29) is 11.0 Å². The van der Waals surface area contributed by atoms with Gasteiger partial charge in [-0.2, -0.15) is 0 Å². The zero-order valence-corrected chi connectivity index (χ0v) is 20.1. The van der Waals surface area contributed by atoms with Gasteiger partial charge in [0.15, 0.2) is 8.32 Å². The highest BCUT2D eigenvalue weighted by molar-refractivity contribution is 6.74. The van der Waals surface area contributed by atoms with E-state index in [2.05, 4.69) is 61.2 Å². The molecule has 1 aromatic rings. The van der Waals surface area contributed by atoms with Crippen LogP contribution in [0.15, 0.2) is 18.3 Å². The molecule has 0 amide bonds. The molecule has 0 atom stereocenters. The lowest BCUT2D eigenvalue weighted by atomic mass is 9.93. The zero-order chi connectivity index (χ0) is 21.5. The van der Waals surface area contributed by atoms with Gasteiger partial charge in [0.05, 0.1) is 25.1 Å². The number of hydrogen-bond acceptors (Lipinski definition) is 6. The lowest BCUT2D eigenvalue weighted by Crippen LogP contribution is -2.41. The molecule has 0 aromatic carbocycles. The Hall–Kier alpha value is -1.60. The smallest absolute Gasteiger partial charge is 0.306 e. The summed E-state index contributed by atoms with van der Waals surface area (Å²) in [4.78, 5) is 18.6. The molecular weight excluding hydrogens is 382 g/mol. The first-order chi connectivity index (χ1) is 13.6. The van der Waals surface area contributed by atoms with E-state index < -0.39 is 8.32 Å². The number of piperidine rings is 1. The van der Waals surface area contributed by atoms with Crippen molar-refractivity contribution in [2.24, 2.45) is 5.92 Å². The van der Waals surface area contributed by atoms with Crippen LogP contribution in [-0.2, 0) is 14.0 Å². The van der Waals surface area contributed by atoms with E-state index in [0.717, 1.165) is 44.0 Å². The van der Waals surface area contributed by atoms with Crippen LogP contribution in [0.1, 0.15) is 47.0 Å². The molecule has 2 rings (SSSR count). The molecule has 1 fully saturated rings. The Labute approximate surface area is 177 Å². The van der Waals surface area contributed by atoms with Crippen molar-refractivity contribution in [1.82, 2.24) is 4.98 Å². The number of anilines is 2. The minimum Gasteiger partial charge on any atom is -0.466 e. The second-order valence-electron chi connectivity index (χ2n) is 9.38. The predicted octanol–water partition coefficient (Wildman–Crippen LogP) is 4.68. The average Bonchev–Trinajstić information content (AvgIpc) is 2.66. The van der Waals surface area contributed by atoms with Crippen LogP contribution in [0.3, 0.4) is 0 Å². The number of aromatic nitrogens is 1. The topological polar surface area (TPSA) is 63.7 Å². The predicted molar refractivity (Wildman–Crippen MR) is 122 cm³/mol. The second-order valence-corrected chi connectivity index (χ2v) is 14.2. The fourth-order valence-corrected chi connectivity index (χ4v) is 4.26. The minimum absolute atomic E-state index is 0.0722. The first-order valence-electron chi connectivity index (χ1n) is 10.9. The van der Waals surface area contributed by atoms with E-state index >= 15 is 0 Å². The highest BCUT2D eigenvalue weighted by atomic mass is 28.4. The number of nitrogens with zero attached hydrogens (tertiary/aromatic N) is 2. The first kappa shape index (κ1) is 23.7. The van der Waals surface area contributed by atoms with Crippen LogP contribution < -0.4 is 10.2 Å². The van der Waals surface area contributed by atoms with Gasteiger partial charge in [-0.15, -0.1) is 0 Å². The quantitative estimate of drug-likeness (QED) is 0.355. The molecule has 1 aliphatic heterocycles. The van der Waals surface area contributed by atoms with Crippen molar-refractivity contribution >= 4 is 25.8 Å². The third-order valence-electron chi connectivity index (χ3n) is 6.15. The maximum absolute atomic E-state index is 11.7. The second kappa shape index (κ2) is 10.4. The summed E-state index contributed by atoms with van der Waals surface area (Å²) in [6.45, 7) is 17.0. The van der Waals surface area contributed by atoms with Crippen LogP contribution in [0.5, 0.6) is 0 Å². The molecule has 0 aliphatic carbocycles. The maximum Gasteiger partial charge on any atom is 0.306 e. The van der Waals surface area contributed by atoms with Gasteiger partial charge >= 0.3 is 5.97 Å². The van der Waals surface area contributed by atoms with E-state index in [1.165, 1.54) is 0 Å². The van der Waals surface area contributed by atoms with Crippen molar-refractivity contribution in [3.8, 4) is 0 Å². The Morgan fingerprint density at radius 1 is 1.28 bits per heavy atom. The molecule has 29 heavy (non-hydrogen) atoms. The van der Waals surface area contributed by atoms with Crippen LogP contribution in [0, 0.1) is 5.92 Å². The molecule has 1 saturated heterocycles. The zero-order valence-electron chi connectivity index (χ0n) is 19.1. The molecule has 1 N–H and O–H groups in total. The van der Waals surface area contributed by atoms with Crippen LogP contribution in [0.25, 0.3) is 0 Å². The molecule has 1 aromatic heterocycles. The summed E-state index contributed by atoms with van der Waals surface area (Å²) < 4.78 is 11.3. The van der Waals surface area contributed by atoms with Gasteiger partial charge in [-0.25, -0.2) is 4.98 Å². The first-order valence-corrected chi connectivity index (χ1v) is 13.8. The molecule has 6 nitrogen and oxygen atoms in total. The molecule has 0 saturated carbocycles. The summed E-state index contributed by atoms with van der Waals surface area (Å²) in [6.07, 6.45) is 4.44. The number of hydrogen-bond donors (Lipinski definition) is 1. The van der Waals surface area contributed by atoms with Gasteiger partial charge in [-0.1, -0.05) is 20.8 Å². The number of pyridine rings is 1. The largest absolute Gasteiger partial charge is 0.466 e. The van der Waals surface area contributed by atoms with Crippen molar-refractivity contribution in [1.29, 1.82) is 0 Å². The molecular formula is C22H39N3O3Si. The van der Waals surface area contributed by atoms with Crippen molar-refractivity contribution < 1.29 is 14.0 Å². The summed E-state index contributed by atoms with van der Waals surface area (Å²) in [6, 6.07) is 4.15. The van der Waals surface area contributed by atoms with E-state index in [4.69, 9.17) is 9.16 Å².